The molecule has 1 saturated heterocycles. The van der Waals surface area contributed by atoms with E-state index in [1.54, 1.807) is 0 Å². The second-order valence-electron chi connectivity index (χ2n) is 9.20. The smallest absolute Gasteiger partial charge is 0.244 e. The molecule has 6 nitrogen and oxygen atoms in total. The minimum absolute atomic E-state index is 0.0284. The first-order chi connectivity index (χ1) is 18.4. The molecule has 0 saturated carbocycles. The maximum Gasteiger partial charge on any atom is 0.244 e. The molecule has 1 aromatic heterocycles. The number of nitrogens with one attached hydrogen (secondary N) is 1. The van der Waals surface area contributed by atoms with Crippen LogP contribution in [-0.2, 0) is 21.2 Å². The van der Waals surface area contributed by atoms with Gasteiger partial charge >= 0.3 is 0 Å². The van der Waals surface area contributed by atoms with Gasteiger partial charge < -0.3 is 5.32 Å². The first-order valence-electron chi connectivity index (χ1n) is 12.6. The molecule has 1 aliphatic heterocycles. The molecule has 5 rings (SSSR count). The Balaban J connectivity index is 1.36. The van der Waals surface area contributed by atoms with Crippen molar-refractivity contribution < 1.29 is 17.6 Å². The van der Waals surface area contributed by atoms with Gasteiger partial charge in [0.2, 0.25) is 15.9 Å². The molecule has 0 radical (unpaired) electrons. The van der Waals surface area contributed by atoms with Crippen LogP contribution in [0.15, 0.2) is 83.8 Å². The molecule has 2 heterocycles. The van der Waals surface area contributed by atoms with Gasteiger partial charge in [0.05, 0.1) is 10.6 Å². The van der Waals surface area contributed by atoms with Crippen LogP contribution in [0, 0.1) is 5.82 Å². The molecule has 0 bridgehead atoms. The molecule has 1 N–H and O–H groups in total. The van der Waals surface area contributed by atoms with Gasteiger partial charge in [-0.25, -0.2) is 17.8 Å². The number of aryl methyl sites for hydroxylation is 1. The molecule has 4 aromatic rings. The SMILES string of the molecule is CCCc1sc(NC(=O)C2CCCN2S(=O)(=O)c2ccc(F)cc2)nc1-c1ccc(-c2ccccc2)cc1. The number of amides is 1. The average Bonchev–Trinajstić information content (AvgIpc) is 3.58. The Labute approximate surface area is 226 Å². The average molecular weight is 550 g/mol. The van der Waals surface area contributed by atoms with Crippen molar-refractivity contribution in [2.45, 2.75) is 43.5 Å². The van der Waals surface area contributed by atoms with Crippen LogP contribution in [0.2, 0.25) is 0 Å². The van der Waals surface area contributed by atoms with E-state index in [1.165, 1.54) is 27.8 Å². The van der Waals surface area contributed by atoms with E-state index in [4.69, 9.17) is 4.98 Å². The van der Waals surface area contributed by atoms with E-state index >= 15 is 0 Å². The van der Waals surface area contributed by atoms with Crippen LogP contribution in [-0.4, -0.2) is 36.2 Å². The normalized spacial score (nSPS) is 16.0. The Morgan fingerprint density at radius 2 is 1.66 bits per heavy atom. The number of thiazole rings is 1. The lowest BCUT2D eigenvalue weighted by molar-refractivity contribution is -0.119. The van der Waals surface area contributed by atoms with Crippen LogP contribution >= 0.6 is 11.3 Å². The highest BCUT2D eigenvalue weighted by molar-refractivity contribution is 7.89. The third kappa shape index (κ3) is 5.41. The van der Waals surface area contributed by atoms with E-state index in [1.807, 2.05) is 30.3 Å². The highest BCUT2D eigenvalue weighted by atomic mass is 32.2. The number of carbonyl (C=O) groups is 1. The molecule has 0 aliphatic carbocycles. The van der Waals surface area contributed by atoms with Gasteiger partial charge in [0.1, 0.15) is 11.9 Å². The first kappa shape index (κ1) is 26.2. The first-order valence-corrected chi connectivity index (χ1v) is 14.9. The molecule has 1 aliphatic rings. The number of sulfonamides is 1. The van der Waals surface area contributed by atoms with Gasteiger partial charge in [-0.15, -0.1) is 11.3 Å². The van der Waals surface area contributed by atoms with Crippen LogP contribution < -0.4 is 5.32 Å². The molecule has 1 fully saturated rings. The summed E-state index contributed by atoms with van der Waals surface area (Å²) in [7, 11) is -3.93. The Morgan fingerprint density at radius 1 is 1.00 bits per heavy atom. The molecular formula is C29H28FN3O3S2. The third-order valence-electron chi connectivity index (χ3n) is 6.60. The summed E-state index contributed by atoms with van der Waals surface area (Å²) in [6, 6.07) is 22.2. The third-order valence-corrected chi connectivity index (χ3v) is 9.55. The molecule has 196 valence electrons. The van der Waals surface area contributed by atoms with E-state index < -0.39 is 27.8 Å². The number of hydrogen-bond acceptors (Lipinski definition) is 5. The Morgan fingerprint density at radius 3 is 2.34 bits per heavy atom. The van der Waals surface area contributed by atoms with Crippen LogP contribution in [0.4, 0.5) is 9.52 Å². The summed E-state index contributed by atoms with van der Waals surface area (Å²) in [5.74, 6) is -0.923. The van der Waals surface area contributed by atoms with Crippen molar-refractivity contribution in [1.82, 2.24) is 9.29 Å². The summed E-state index contributed by atoms with van der Waals surface area (Å²) in [5, 5.41) is 3.33. The van der Waals surface area contributed by atoms with Gasteiger partial charge in [0.25, 0.3) is 0 Å². The summed E-state index contributed by atoms with van der Waals surface area (Å²) in [5.41, 5.74) is 4.04. The fourth-order valence-electron chi connectivity index (χ4n) is 4.70. The summed E-state index contributed by atoms with van der Waals surface area (Å²) < 4.78 is 40.9. The largest absolute Gasteiger partial charge is 0.301 e. The topological polar surface area (TPSA) is 79.4 Å². The molecule has 1 amide bonds. The van der Waals surface area contributed by atoms with Crippen LogP contribution in [0.1, 0.15) is 31.1 Å². The van der Waals surface area contributed by atoms with Crippen molar-refractivity contribution in [3.63, 3.8) is 0 Å². The van der Waals surface area contributed by atoms with E-state index in [-0.39, 0.29) is 11.4 Å². The van der Waals surface area contributed by atoms with E-state index in [2.05, 4.69) is 36.5 Å². The number of halogens is 1. The lowest BCUT2D eigenvalue weighted by Crippen LogP contribution is -2.43. The second kappa shape index (κ2) is 11.1. The fourth-order valence-corrected chi connectivity index (χ4v) is 7.44. The summed E-state index contributed by atoms with van der Waals surface area (Å²) in [6.07, 6.45) is 2.72. The highest BCUT2D eigenvalue weighted by Crippen LogP contribution is 2.34. The van der Waals surface area contributed by atoms with Crippen molar-refractivity contribution in [3.05, 3.63) is 89.6 Å². The predicted octanol–water partition coefficient (Wildman–Crippen LogP) is 6.36. The monoisotopic (exact) mass is 549 g/mol. The van der Waals surface area contributed by atoms with E-state index in [0.717, 1.165) is 52.2 Å². The lowest BCUT2D eigenvalue weighted by atomic mass is 10.0. The number of aromatic nitrogens is 1. The van der Waals surface area contributed by atoms with E-state index in [0.29, 0.717) is 18.0 Å². The van der Waals surface area contributed by atoms with Gasteiger partial charge in [0, 0.05) is 17.0 Å². The highest BCUT2D eigenvalue weighted by Gasteiger charge is 2.39. The quantitative estimate of drug-likeness (QED) is 0.277. The van der Waals surface area contributed by atoms with Crippen molar-refractivity contribution in [2.24, 2.45) is 0 Å². The van der Waals surface area contributed by atoms with Gasteiger partial charge in [-0.3, -0.25) is 4.79 Å². The van der Waals surface area contributed by atoms with Gasteiger partial charge in [-0.2, -0.15) is 4.31 Å². The molecule has 9 heteroatoms. The Bertz CT molecular complexity index is 1520. The van der Waals surface area contributed by atoms with Crippen molar-refractivity contribution in [2.75, 3.05) is 11.9 Å². The maximum absolute atomic E-state index is 13.3. The minimum Gasteiger partial charge on any atom is -0.301 e. The van der Waals surface area contributed by atoms with Crippen molar-refractivity contribution >= 4 is 32.4 Å². The zero-order valence-electron chi connectivity index (χ0n) is 20.9. The van der Waals surface area contributed by atoms with Gasteiger partial charge in [-0.1, -0.05) is 67.9 Å². The zero-order valence-corrected chi connectivity index (χ0v) is 22.6. The van der Waals surface area contributed by atoms with Crippen molar-refractivity contribution in [3.8, 4) is 22.4 Å². The number of hydrogen-bond donors (Lipinski definition) is 1. The summed E-state index contributed by atoms with van der Waals surface area (Å²) in [4.78, 5) is 19.0. The van der Waals surface area contributed by atoms with Crippen molar-refractivity contribution in [1.29, 1.82) is 0 Å². The standard InChI is InChI=1S/C29H28FN3O3S2/c1-2-7-26-27(22-13-11-21(12-14-22)20-8-4-3-5-9-20)31-29(37-26)32-28(34)25-10-6-19-33(25)38(35,36)24-17-15-23(30)16-18-24/h3-5,8-9,11-18,25H,2,6-7,10,19H2,1H3,(H,31,32,34). The second-order valence-corrected chi connectivity index (χ2v) is 12.2. The number of nitrogens with zero attached hydrogens (tertiary/aromatic N) is 2. The minimum atomic E-state index is -3.93. The summed E-state index contributed by atoms with van der Waals surface area (Å²) >= 11 is 1.42. The number of benzene rings is 3. The van der Waals surface area contributed by atoms with Gasteiger partial charge in [0.15, 0.2) is 5.13 Å². The van der Waals surface area contributed by atoms with Crippen LogP contribution in [0.25, 0.3) is 22.4 Å². The molecular weight excluding hydrogens is 521 g/mol. The molecule has 1 unspecified atom stereocenters. The lowest BCUT2D eigenvalue weighted by Gasteiger charge is -2.23. The molecule has 1 atom stereocenters. The number of anilines is 1. The Kier molecular flexibility index (Phi) is 7.69. The predicted molar refractivity (Wildman–Crippen MR) is 149 cm³/mol. The summed E-state index contributed by atoms with van der Waals surface area (Å²) in [6.45, 7) is 2.33. The maximum atomic E-state index is 13.3. The Hall–Kier alpha value is -3.40. The van der Waals surface area contributed by atoms with Crippen LogP contribution in [0.5, 0.6) is 0 Å². The molecule has 3 aromatic carbocycles. The molecule has 38 heavy (non-hydrogen) atoms. The zero-order chi connectivity index (χ0) is 26.7. The molecule has 0 spiro atoms. The van der Waals surface area contributed by atoms with Crippen LogP contribution in [0.3, 0.4) is 0 Å². The fraction of sp³-hybridized carbons (Fsp3) is 0.241. The van der Waals surface area contributed by atoms with Gasteiger partial charge in [-0.05, 0) is 54.7 Å². The number of rotatable bonds is 8. The van der Waals surface area contributed by atoms with E-state index in [9.17, 15) is 17.6 Å². The number of carbonyl (C=O) groups excluding carboxylic acids is 1.